The lowest BCUT2D eigenvalue weighted by Crippen LogP contribution is -2.22. The molecule has 0 fully saturated rings. The van der Waals surface area contributed by atoms with Crippen molar-refractivity contribution in [3.8, 4) is 0 Å². The molecule has 0 heterocycles. The molecule has 1 N–H and O–H groups in total. The van der Waals surface area contributed by atoms with E-state index in [4.69, 9.17) is 4.74 Å². The van der Waals surface area contributed by atoms with Crippen LogP contribution in [0, 0.1) is 0 Å². The molecule has 0 spiro atoms. The van der Waals surface area contributed by atoms with E-state index in [-0.39, 0.29) is 0 Å². The fraction of sp³-hybridized carbons (Fsp3) is 0.625. The normalized spacial score (nSPS) is 11.2. The Morgan fingerprint density at radius 1 is 1.11 bits per heavy atom. The number of hydrogen-bond donors (Lipinski definition) is 1. The molecule has 0 amide bonds. The molecule has 0 bridgehead atoms. The van der Waals surface area contributed by atoms with Crippen LogP contribution in [0.3, 0.4) is 0 Å². The van der Waals surface area contributed by atoms with Gasteiger partial charge in [-0.1, -0.05) is 31.2 Å². The van der Waals surface area contributed by atoms with Crippen molar-refractivity contribution in [2.24, 2.45) is 0 Å². The summed E-state index contributed by atoms with van der Waals surface area (Å²) in [6.07, 6.45) is 1.11. The average Bonchev–Trinajstić information content (AvgIpc) is 2.41. The van der Waals surface area contributed by atoms with Gasteiger partial charge in [0.25, 0.3) is 0 Å². The smallest absolute Gasteiger partial charge is 0.0593 e. The van der Waals surface area contributed by atoms with Crippen molar-refractivity contribution >= 4 is 0 Å². The first-order chi connectivity index (χ1) is 9.26. The Labute approximate surface area is 118 Å². The minimum absolute atomic E-state index is 0.800. The molecule has 0 aromatic heterocycles. The van der Waals surface area contributed by atoms with Gasteiger partial charge in [0, 0.05) is 19.7 Å². The van der Waals surface area contributed by atoms with Gasteiger partial charge >= 0.3 is 0 Å². The van der Waals surface area contributed by atoms with Crippen LogP contribution in [0.15, 0.2) is 24.3 Å². The molecule has 1 aromatic carbocycles. The summed E-state index contributed by atoms with van der Waals surface area (Å²) >= 11 is 0. The minimum atomic E-state index is 0.800. The summed E-state index contributed by atoms with van der Waals surface area (Å²) < 4.78 is 5.37. The van der Waals surface area contributed by atoms with E-state index in [0.717, 1.165) is 45.8 Å². The van der Waals surface area contributed by atoms with Gasteiger partial charge in [0.1, 0.15) is 0 Å². The SMILES string of the molecule is CCNCCc1ccc(CN(C)CCOCC)cc1. The van der Waals surface area contributed by atoms with Crippen molar-refractivity contribution in [1.82, 2.24) is 10.2 Å². The number of nitrogens with one attached hydrogen (secondary N) is 1. The monoisotopic (exact) mass is 264 g/mol. The molecule has 0 radical (unpaired) electrons. The number of likely N-dealkylation sites (N-methyl/N-ethyl adjacent to an activating group) is 2. The Morgan fingerprint density at radius 3 is 2.42 bits per heavy atom. The van der Waals surface area contributed by atoms with Crippen LogP contribution >= 0.6 is 0 Å². The van der Waals surface area contributed by atoms with E-state index in [0.29, 0.717) is 0 Å². The average molecular weight is 264 g/mol. The maximum Gasteiger partial charge on any atom is 0.0593 e. The maximum absolute atomic E-state index is 5.37. The summed E-state index contributed by atoms with van der Waals surface area (Å²) in [4.78, 5) is 2.29. The molecule has 1 rings (SSSR count). The minimum Gasteiger partial charge on any atom is -0.380 e. The highest BCUT2D eigenvalue weighted by Crippen LogP contribution is 2.07. The van der Waals surface area contributed by atoms with E-state index >= 15 is 0 Å². The van der Waals surface area contributed by atoms with Gasteiger partial charge < -0.3 is 10.1 Å². The molecular weight excluding hydrogens is 236 g/mol. The summed E-state index contributed by atoms with van der Waals surface area (Å²) in [7, 11) is 2.14. The van der Waals surface area contributed by atoms with Gasteiger partial charge in [0.15, 0.2) is 0 Å². The zero-order valence-corrected chi connectivity index (χ0v) is 12.6. The van der Waals surface area contributed by atoms with E-state index in [2.05, 4.69) is 48.5 Å². The molecule has 3 heteroatoms. The predicted molar refractivity (Wildman–Crippen MR) is 81.5 cm³/mol. The highest BCUT2D eigenvalue weighted by atomic mass is 16.5. The lowest BCUT2D eigenvalue weighted by Gasteiger charge is -2.16. The summed E-state index contributed by atoms with van der Waals surface area (Å²) in [5, 5.41) is 3.35. The van der Waals surface area contributed by atoms with Gasteiger partial charge in [-0.3, -0.25) is 4.90 Å². The van der Waals surface area contributed by atoms with Gasteiger partial charge in [0.05, 0.1) is 6.61 Å². The van der Waals surface area contributed by atoms with Crippen molar-refractivity contribution in [2.45, 2.75) is 26.8 Å². The van der Waals surface area contributed by atoms with Gasteiger partial charge in [-0.25, -0.2) is 0 Å². The van der Waals surface area contributed by atoms with Crippen LogP contribution in [0.5, 0.6) is 0 Å². The van der Waals surface area contributed by atoms with Crippen molar-refractivity contribution in [1.29, 1.82) is 0 Å². The lowest BCUT2D eigenvalue weighted by atomic mass is 10.1. The molecule has 1 aromatic rings. The zero-order valence-electron chi connectivity index (χ0n) is 12.6. The van der Waals surface area contributed by atoms with Crippen LogP contribution in [0.25, 0.3) is 0 Å². The van der Waals surface area contributed by atoms with Gasteiger partial charge in [-0.2, -0.15) is 0 Å². The Morgan fingerprint density at radius 2 is 1.79 bits per heavy atom. The third kappa shape index (κ3) is 7.31. The molecule has 0 aliphatic carbocycles. The maximum atomic E-state index is 5.37. The Kier molecular flexibility index (Phi) is 8.47. The van der Waals surface area contributed by atoms with Crippen LogP contribution in [-0.4, -0.2) is 44.8 Å². The largest absolute Gasteiger partial charge is 0.380 e. The van der Waals surface area contributed by atoms with Gasteiger partial charge in [0.2, 0.25) is 0 Å². The van der Waals surface area contributed by atoms with E-state index in [1.807, 2.05) is 6.92 Å². The second kappa shape index (κ2) is 9.96. The third-order valence-electron chi connectivity index (χ3n) is 3.14. The Bertz CT molecular complexity index is 324. The number of ether oxygens (including phenoxy) is 1. The van der Waals surface area contributed by atoms with Crippen molar-refractivity contribution in [3.63, 3.8) is 0 Å². The van der Waals surface area contributed by atoms with Crippen LogP contribution in [0.2, 0.25) is 0 Å². The van der Waals surface area contributed by atoms with E-state index in [9.17, 15) is 0 Å². The Balaban J connectivity index is 2.30. The molecule has 3 nitrogen and oxygen atoms in total. The molecular formula is C16H28N2O. The predicted octanol–water partition coefficient (Wildman–Crippen LogP) is 2.31. The van der Waals surface area contributed by atoms with Crippen molar-refractivity contribution in [3.05, 3.63) is 35.4 Å². The summed E-state index contributed by atoms with van der Waals surface area (Å²) in [5.41, 5.74) is 2.77. The van der Waals surface area contributed by atoms with E-state index < -0.39 is 0 Å². The van der Waals surface area contributed by atoms with E-state index in [1.54, 1.807) is 0 Å². The standard InChI is InChI=1S/C16H28N2O/c1-4-17-11-10-15-6-8-16(9-7-15)14-18(3)12-13-19-5-2/h6-9,17H,4-5,10-14H2,1-3H3. The van der Waals surface area contributed by atoms with Gasteiger partial charge in [-0.05, 0) is 44.6 Å². The summed E-state index contributed by atoms with van der Waals surface area (Å²) in [6.45, 7) is 9.86. The van der Waals surface area contributed by atoms with E-state index in [1.165, 1.54) is 11.1 Å². The number of rotatable bonds is 10. The highest BCUT2D eigenvalue weighted by Gasteiger charge is 2.00. The number of hydrogen-bond acceptors (Lipinski definition) is 3. The fourth-order valence-electron chi connectivity index (χ4n) is 1.98. The third-order valence-corrected chi connectivity index (χ3v) is 3.14. The molecule has 0 atom stereocenters. The van der Waals surface area contributed by atoms with Crippen molar-refractivity contribution < 1.29 is 4.74 Å². The number of nitrogens with zero attached hydrogens (tertiary/aromatic N) is 1. The van der Waals surface area contributed by atoms with Crippen LogP contribution in [0.1, 0.15) is 25.0 Å². The second-order valence-corrected chi connectivity index (χ2v) is 4.85. The molecule has 0 saturated heterocycles. The topological polar surface area (TPSA) is 24.5 Å². The highest BCUT2D eigenvalue weighted by molar-refractivity contribution is 5.22. The van der Waals surface area contributed by atoms with Crippen molar-refractivity contribution in [2.75, 3.05) is 39.9 Å². The first kappa shape index (κ1) is 16.2. The quantitative estimate of drug-likeness (QED) is 0.656. The number of benzene rings is 1. The summed E-state index contributed by atoms with van der Waals surface area (Å²) in [5.74, 6) is 0. The molecule has 19 heavy (non-hydrogen) atoms. The first-order valence-corrected chi connectivity index (χ1v) is 7.31. The van der Waals surface area contributed by atoms with Crippen LogP contribution in [-0.2, 0) is 17.7 Å². The molecule has 108 valence electrons. The Hall–Kier alpha value is -0.900. The molecule has 0 saturated carbocycles. The first-order valence-electron chi connectivity index (χ1n) is 7.31. The summed E-state index contributed by atoms with van der Waals surface area (Å²) in [6, 6.07) is 8.95. The van der Waals surface area contributed by atoms with Crippen LogP contribution < -0.4 is 5.32 Å². The van der Waals surface area contributed by atoms with Gasteiger partial charge in [-0.15, -0.1) is 0 Å². The molecule has 0 unspecified atom stereocenters. The molecule has 0 aliphatic rings. The van der Waals surface area contributed by atoms with Crippen LogP contribution in [0.4, 0.5) is 0 Å². The fourth-order valence-corrected chi connectivity index (χ4v) is 1.98. The zero-order chi connectivity index (χ0) is 13.9. The second-order valence-electron chi connectivity index (χ2n) is 4.85. The lowest BCUT2D eigenvalue weighted by molar-refractivity contribution is 0.120. The molecule has 0 aliphatic heterocycles.